The second-order valence-electron chi connectivity index (χ2n) is 8.22. The summed E-state index contributed by atoms with van der Waals surface area (Å²) in [6.45, 7) is 2.17. The summed E-state index contributed by atoms with van der Waals surface area (Å²) in [7, 11) is 1.65. The third-order valence-corrected chi connectivity index (χ3v) is 6.00. The van der Waals surface area contributed by atoms with Crippen molar-refractivity contribution in [2.75, 3.05) is 7.11 Å². The number of hydrogen-bond donors (Lipinski definition) is 0. The Balaban J connectivity index is 1.70. The molecule has 0 aliphatic heterocycles. The summed E-state index contributed by atoms with van der Waals surface area (Å²) in [6, 6.07) is 24.0. The van der Waals surface area contributed by atoms with E-state index in [9.17, 15) is 9.18 Å². The molecule has 0 unspecified atom stereocenters. The van der Waals surface area contributed by atoms with Gasteiger partial charge in [-0.15, -0.1) is 0 Å². The van der Waals surface area contributed by atoms with Gasteiger partial charge in [0.1, 0.15) is 11.6 Å². The number of ketones is 1. The van der Waals surface area contributed by atoms with Crippen molar-refractivity contribution in [3.8, 4) is 28.1 Å². The highest BCUT2D eigenvalue weighted by Crippen LogP contribution is 2.36. The molecule has 0 spiro atoms. The van der Waals surface area contributed by atoms with E-state index in [-0.39, 0.29) is 11.6 Å². The number of carbonyl (C=O) groups is 1. The van der Waals surface area contributed by atoms with Crippen LogP contribution in [0.15, 0.2) is 91.3 Å². The van der Waals surface area contributed by atoms with Crippen LogP contribution in [0.25, 0.3) is 33.3 Å². The number of Topliss-reactive ketones (excluding diaryl/α,β-unsaturated/α-hetero) is 1. The van der Waals surface area contributed by atoms with E-state index in [0.29, 0.717) is 12.1 Å². The first-order valence-electron chi connectivity index (χ1n) is 11.0. The molecule has 4 nitrogen and oxygen atoms in total. The van der Waals surface area contributed by atoms with Gasteiger partial charge in [0, 0.05) is 41.0 Å². The van der Waals surface area contributed by atoms with Gasteiger partial charge in [-0.25, -0.2) is 4.39 Å². The summed E-state index contributed by atoms with van der Waals surface area (Å²) < 4.78 is 21.5. The molecule has 0 bridgehead atoms. The third-order valence-electron chi connectivity index (χ3n) is 6.00. The molecule has 0 saturated carbocycles. The van der Waals surface area contributed by atoms with Gasteiger partial charge in [0.25, 0.3) is 0 Å². The number of ether oxygens (including phenoxy) is 1. The van der Waals surface area contributed by atoms with Crippen LogP contribution in [-0.2, 0) is 6.54 Å². The van der Waals surface area contributed by atoms with Crippen LogP contribution < -0.4 is 4.74 Å². The van der Waals surface area contributed by atoms with Crippen LogP contribution in [0.3, 0.4) is 0 Å². The highest BCUT2D eigenvalue weighted by atomic mass is 19.1. The lowest BCUT2D eigenvalue weighted by atomic mass is 10.0. The van der Waals surface area contributed by atoms with Crippen LogP contribution in [0.2, 0.25) is 0 Å². The fourth-order valence-electron chi connectivity index (χ4n) is 4.26. The second-order valence-corrected chi connectivity index (χ2v) is 8.22. The predicted octanol–water partition coefficient (Wildman–Crippen LogP) is 6.77. The maximum absolute atomic E-state index is 14.1. The van der Waals surface area contributed by atoms with Gasteiger partial charge in [-0.05, 0) is 48.4 Å². The molecule has 2 aromatic heterocycles. The third kappa shape index (κ3) is 4.08. The Labute approximate surface area is 197 Å². The monoisotopic (exact) mass is 450 g/mol. The van der Waals surface area contributed by atoms with Crippen molar-refractivity contribution in [2.24, 2.45) is 0 Å². The van der Waals surface area contributed by atoms with E-state index in [1.807, 2.05) is 60.7 Å². The Kier molecular flexibility index (Phi) is 5.68. The smallest absolute Gasteiger partial charge is 0.159 e. The SMILES string of the molecule is COc1ccc(Cn2cc(-c3cccc(F)c3)c3ccnc(-c4ccc(C(C)=O)cc4)c32)cc1. The number of benzene rings is 3. The number of hydrogen-bond acceptors (Lipinski definition) is 3. The zero-order valence-electron chi connectivity index (χ0n) is 19.0. The van der Waals surface area contributed by atoms with E-state index in [4.69, 9.17) is 9.72 Å². The minimum absolute atomic E-state index is 0.0222. The highest BCUT2D eigenvalue weighted by Gasteiger charge is 2.17. The Bertz CT molecular complexity index is 1490. The van der Waals surface area contributed by atoms with Crippen molar-refractivity contribution in [3.63, 3.8) is 0 Å². The quantitative estimate of drug-likeness (QED) is 0.268. The van der Waals surface area contributed by atoms with Gasteiger partial charge < -0.3 is 9.30 Å². The van der Waals surface area contributed by atoms with Crippen LogP contribution in [0.1, 0.15) is 22.8 Å². The number of rotatable bonds is 6. The molecule has 0 amide bonds. The van der Waals surface area contributed by atoms with Gasteiger partial charge in [0.2, 0.25) is 0 Å². The number of carbonyl (C=O) groups excluding carboxylic acids is 1. The molecule has 0 saturated heterocycles. The summed E-state index contributed by atoms with van der Waals surface area (Å²) in [4.78, 5) is 16.4. The van der Waals surface area contributed by atoms with Gasteiger partial charge in [-0.1, -0.05) is 48.5 Å². The molecule has 0 aliphatic carbocycles. The Morgan fingerprint density at radius 1 is 0.971 bits per heavy atom. The van der Waals surface area contributed by atoms with E-state index in [2.05, 4.69) is 10.8 Å². The number of pyridine rings is 1. The lowest BCUT2D eigenvalue weighted by Crippen LogP contribution is -2.00. The number of aromatic nitrogens is 2. The number of methoxy groups -OCH3 is 1. The predicted molar refractivity (Wildman–Crippen MR) is 133 cm³/mol. The second kappa shape index (κ2) is 8.94. The van der Waals surface area contributed by atoms with Crippen molar-refractivity contribution in [3.05, 3.63) is 108 Å². The topological polar surface area (TPSA) is 44.1 Å². The van der Waals surface area contributed by atoms with E-state index >= 15 is 0 Å². The van der Waals surface area contributed by atoms with Crippen molar-refractivity contribution < 1.29 is 13.9 Å². The van der Waals surface area contributed by atoms with Gasteiger partial charge in [0.15, 0.2) is 5.78 Å². The Morgan fingerprint density at radius 2 is 1.74 bits per heavy atom. The fraction of sp³-hybridized carbons (Fsp3) is 0.103. The Hall–Kier alpha value is -4.25. The molecule has 0 N–H and O–H groups in total. The van der Waals surface area contributed by atoms with Crippen molar-refractivity contribution in [2.45, 2.75) is 13.5 Å². The Morgan fingerprint density at radius 3 is 2.41 bits per heavy atom. The van der Waals surface area contributed by atoms with Crippen LogP contribution in [-0.4, -0.2) is 22.4 Å². The number of fused-ring (bicyclic) bond motifs is 1. The van der Waals surface area contributed by atoms with Crippen molar-refractivity contribution in [1.29, 1.82) is 0 Å². The molecule has 0 radical (unpaired) electrons. The molecule has 34 heavy (non-hydrogen) atoms. The standard InChI is InChI=1S/C29H23FN2O2/c1-19(33)21-8-10-22(11-9-21)28-29-26(14-15-31-28)27(23-4-3-5-24(30)16-23)18-32(29)17-20-6-12-25(34-2)13-7-20/h3-16,18H,17H2,1-2H3. The lowest BCUT2D eigenvalue weighted by Gasteiger charge is -2.10. The molecule has 5 heteroatoms. The molecular formula is C29H23FN2O2. The summed E-state index contributed by atoms with van der Waals surface area (Å²) in [6.07, 6.45) is 3.83. The summed E-state index contributed by atoms with van der Waals surface area (Å²) >= 11 is 0. The van der Waals surface area contributed by atoms with E-state index in [1.165, 1.54) is 6.07 Å². The van der Waals surface area contributed by atoms with Crippen molar-refractivity contribution in [1.82, 2.24) is 9.55 Å². The van der Waals surface area contributed by atoms with Gasteiger partial charge in [-0.2, -0.15) is 0 Å². The fourth-order valence-corrected chi connectivity index (χ4v) is 4.26. The minimum Gasteiger partial charge on any atom is -0.497 e. The molecule has 3 aromatic carbocycles. The maximum Gasteiger partial charge on any atom is 0.159 e. The van der Waals surface area contributed by atoms with E-state index in [1.54, 1.807) is 32.4 Å². The van der Waals surface area contributed by atoms with Crippen LogP contribution >= 0.6 is 0 Å². The maximum atomic E-state index is 14.1. The highest BCUT2D eigenvalue weighted by molar-refractivity contribution is 6.02. The van der Waals surface area contributed by atoms with Crippen LogP contribution in [0.5, 0.6) is 5.75 Å². The van der Waals surface area contributed by atoms with Crippen LogP contribution in [0.4, 0.5) is 4.39 Å². The number of nitrogens with zero attached hydrogens (tertiary/aromatic N) is 2. The van der Waals surface area contributed by atoms with Gasteiger partial charge in [0.05, 0.1) is 18.3 Å². The largest absolute Gasteiger partial charge is 0.497 e. The average Bonchev–Trinajstić information content (AvgIpc) is 3.23. The number of halogens is 1. The summed E-state index contributed by atoms with van der Waals surface area (Å²) in [5.74, 6) is 0.547. The van der Waals surface area contributed by atoms with E-state index in [0.717, 1.165) is 44.6 Å². The molecule has 0 atom stereocenters. The zero-order chi connectivity index (χ0) is 23.7. The molecule has 5 aromatic rings. The first-order valence-corrected chi connectivity index (χ1v) is 11.0. The molecule has 0 aliphatic rings. The molecule has 5 rings (SSSR count). The summed E-state index contributed by atoms with van der Waals surface area (Å²) in [5.41, 5.74) is 6.18. The van der Waals surface area contributed by atoms with Gasteiger partial charge in [-0.3, -0.25) is 9.78 Å². The average molecular weight is 451 g/mol. The zero-order valence-corrected chi connectivity index (χ0v) is 19.0. The minimum atomic E-state index is -0.275. The first kappa shape index (κ1) is 21.6. The van der Waals surface area contributed by atoms with E-state index < -0.39 is 0 Å². The first-order chi connectivity index (χ1) is 16.5. The van der Waals surface area contributed by atoms with Crippen LogP contribution in [0, 0.1) is 5.82 Å². The van der Waals surface area contributed by atoms with Crippen molar-refractivity contribution >= 4 is 16.7 Å². The summed E-state index contributed by atoms with van der Waals surface area (Å²) in [5, 5.41) is 0.986. The molecule has 0 fully saturated rings. The lowest BCUT2D eigenvalue weighted by molar-refractivity contribution is 0.101. The molecular weight excluding hydrogens is 427 g/mol. The van der Waals surface area contributed by atoms with Gasteiger partial charge >= 0.3 is 0 Å². The normalized spacial score (nSPS) is 11.0. The molecule has 168 valence electrons. The molecule has 2 heterocycles.